The van der Waals surface area contributed by atoms with Crippen molar-refractivity contribution >= 4 is 5.95 Å². The summed E-state index contributed by atoms with van der Waals surface area (Å²) in [6.07, 6.45) is 0. The van der Waals surface area contributed by atoms with Crippen LogP contribution in [0.4, 0.5) is 5.95 Å². The Balaban J connectivity index is 1.55. The minimum absolute atomic E-state index is 0.0897. The van der Waals surface area contributed by atoms with Gasteiger partial charge in [-0.15, -0.1) is 0 Å². The highest BCUT2D eigenvalue weighted by molar-refractivity contribution is 5.27. The van der Waals surface area contributed by atoms with Gasteiger partial charge in [0.15, 0.2) is 0 Å². The van der Waals surface area contributed by atoms with Crippen LogP contribution < -0.4 is 10.2 Å². The maximum atomic E-state index is 5.75. The second kappa shape index (κ2) is 4.83. The van der Waals surface area contributed by atoms with Crippen molar-refractivity contribution < 1.29 is 14.0 Å². The summed E-state index contributed by atoms with van der Waals surface area (Å²) in [5.41, 5.74) is -0.0897. The molecule has 0 amide bonds. The molecule has 0 aromatic carbocycles. The van der Waals surface area contributed by atoms with Gasteiger partial charge < -0.3 is 24.2 Å². The Labute approximate surface area is 105 Å². The lowest BCUT2D eigenvalue weighted by Crippen LogP contribution is -2.58. The number of nitrogens with one attached hydrogen (secondary N) is 1. The molecule has 3 heterocycles. The number of rotatable bonds is 4. The Morgan fingerprint density at radius 2 is 2.17 bits per heavy atom. The van der Waals surface area contributed by atoms with Crippen molar-refractivity contribution in [2.45, 2.75) is 19.1 Å². The van der Waals surface area contributed by atoms with E-state index in [1.54, 1.807) is 0 Å². The van der Waals surface area contributed by atoms with Crippen LogP contribution in [0.2, 0.25) is 0 Å². The summed E-state index contributed by atoms with van der Waals surface area (Å²) in [5.74, 6) is 1.17. The summed E-state index contributed by atoms with van der Waals surface area (Å²) in [7, 11) is 0. The smallest absolute Gasteiger partial charge is 0.266 e. The maximum Gasteiger partial charge on any atom is 0.266 e. The summed E-state index contributed by atoms with van der Waals surface area (Å²) >= 11 is 0. The van der Waals surface area contributed by atoms with Crippen LogP contribution in [0.15, 0.2) is 4.52 Å². The zero-order valence-electron chi connectivity index (χ0n) is 10.5. The molecule has 1 N–H and O–H groups in total. The first kappa shape index (κ1) is 11.9. The Morgan fingerprint density at radius 3 is 2.83 bits per heavy atom. The first-order valence-electron chi connectivity index (χ1n) is 6.25. The molecule has 2 saturated heterocycles. The van der Waals surface area contributed by atoms with E-state index in [0.29, 0.717) is 31.7 Å². The molecule has 18 heavy (non-hydrogen) atoms. The number of anilines is 1. The fraction of sp³-hybridized carbons (Fsp3) is 0.818. The minimum atomic E-state index is -0.0897. The molecule has 7 heteroatoms. The molecule has 2 aliphatic heterocycles. The van der Waals surface area contributed by atoms with Gasteiger partial charge in [0.05, 0.1) is 18.8 Å². The van der Waals surface area contributed by atoms with Crippen molar-refractivity contribution in [3.63, 3.8) is 0 Å². The van der Waals surface area contributed by atoms with Crippen LogP contribution >= 0.6 is 0 Å². The van der Waals surface area contributed by atoms with Crippen molar-refractivity contribution in [1.29, 1.82) is 0 Å². The molecule has 0 bridgehead atoms. The molecule has 1 aromatic heterocycles. The number of hydrogen-bond acceptors (Lipinski definition) is 7. The van der Waals surface area contributed by atoms with Crippen LogP contribution in [0, 0.1) is 0 Å². The predicted molar refractivity (Wildman–Crippen MR) is 63.4 cm³/mol. The SMILES string of the molecule is CC1(OCc2nc(N3CCOCC3)no2)CNC1. The van der Waals surface area contributed by atoms with Gasteiger partial charge in [-0.2, -0.15) is 4.98 Å². The summed E-state index contributed by atoms with van der Waals surface area (Å²) in [6, 6.07) is 0. The van der Waals surface area contributed by atoms with E-state index < -0.39 is 0 Å². The number of aromatic nitrogens is 2. The van der Waals surface area contributed by atoms with E-state index in [9.17, 15) is 0 Å². The van der Waals surface area contributed by atoms with Gasteiger partial charge in [-0.05, 0) is 12.1 Å². The van der Waals surface area contributed by atoms with E-state index in [-0.39, 0.29) is 5.60 Å². The van der Waals surface area contributed by atoms with Gasteiger partial charge >= 0.3 is 0 Å². The van der Waals surface area contributed by atoms with Gasteiger partial charge in [-0.3, -0.25) is 0 Å². The fourth-order valence-electron chi connectivity index (χ4n) is 2.01. The Bertz CT molecular complexity index is 399. The first-order valence-corrected chi connectivity index (χ1v) is 6.25. The average molecular weight is 254 g/mol. The Morgan fingerprint density at radius 1 is 1.39 bits per heavy atom. The van der Waals surface area contributed by atoms with Crippen LogP contribution in [0.1, 0.15) is 12.8 Å². The lowest BCUT2D eigenvalue weighted by Gasteiger charge is -2.38. The summed E-state index contributed by atoms with van der Waals surface area (Å²) in [6.45, 7) is 7.23. The maximum absolute atomic E-state index is 5.75. The number of nitrogens with zero attached hydrogens (tertiary/aromatic N) is 3. The quantitative estimate of drug-likeness (QED) is 0.796. The highest BCUT2D eigenvalue weighted by Crippen LogP contribution is 2.18. The molecule has 2 fully saturated rings. The minimum Gasteiger partial charge on any atom is -0.378 e. The van der Waals surface area contributed by atoms with Crippen molar-refractivity contribution in [2.24, 2.45) is 0 Å². The molecule has 0 aliphatic carbocycles. The standard InChI is InChI=1S/C11H18N4O3/c1-11(7-12-8-11)17-6-9-13-10(14-18-9)15-2-4-16-5-3-15/h12H,2-8H2,1H3. The lowest BCUT2D eigenvalue weighted by atomic mass is 10.0. The van der Waals surface area contributed by atoms with E-state index in [2.05, 4.69) is 27.3 Å². The van der Waals surface area contributed by atoms with Crippen molar-refractivity contribution in [3.05, 3.63) is 5.89 Å². The molecule has 0 atom stereocenters. The monoisotopic (exact) mass is 254 g/mol. The van der Waals surface area contributed by atoms with E-state index >= 15 is 0 Å². The third kappa shape index (κ3) is 2.47. The molecule has 7 nitrogen and oxygen atoms in total. The predicted octanol–water partition coefficient (Wildman–Crippen LogP) is -0.215. The highest BCUT2D eigenvalue weighted by atomic mass is 16.5. The topological polar surface area (TPSA) is 72.7 Å². The van der Waals surface area contributed by atoms with Crippen LogP contribution in [0.25, 0.3) is 0 Å². The summed E-state index contributed by atoms with van der Waals surface area (Å²) in [5, 5.41) is 7.15. The molecular formula is C11H18N4O3. The summed E-state index contributed by atoms with van der Waals surface area (Å²) in [4.78, 5) is 6.40. The first-order chi connectivity index (χ1) is 8.75. The molecule has 1 aromatic rings. The highest BCUT2D eigenvalue weighted by Gasteiger charge is 2.33. The largest absolute Gasteiger partial charge is 0.378 e. The van der Waals surface area contributed by atoms with Gasteiger partial charge in [-0.25, -0.2) is 0 Å². The average Bonchev–Trinajstić information content (AvgIpc) is 2.84. The van der Waals surface area contributed by atoms with Crippen molar-refractivity contribution in [3.8, 4) is 0 Å². The zero-order chi connectivity index (χ0) is 12.4. The van der Waals surface area contributed by atoms with Crippen LogP contribution in [0.3, 0.4) is 0 Å². The van der Waals surface area contributed by atoms with E-state index in [0.717, 1.165) is 26.2 Å². The third-order valence-electron chi connectivity index (χ3n) is 3.29. The Hall–Kier alpha value is -1.18. The molecule has 3 rings (SSSR count). The van der Waals surface area contributed by atoms with Gasteiger partial charge in [0, 0.05) is 26.2 Å². The van der Waals surface area contributed by atoms with Gasteiger partial charge in [-0.1, -0.05) is 0 Å². The third-order valence-corrected chi connectivity index (χ3v) is 3.29. The van der Waals surface area contributed by atoms with E-state index in [1.165, 1.54) is 0 Å². The molecule has 0 unspecified atom stereocenters. The second-order valence-electron chi connectivity index (χ2n) is 4.93. The number of morpholine rings is 1. The fourth-order valence-corrected chi connectivity index (χ4v) is 2.01. The van der Waals surface area contributed by atoms with Crippen molar-refractivity contribution in [2.75, 3.05) is 44.3 Å². The molecule has 0 saturated carbocycles. The Kier molecular flexibility index (Phi) is 3.19. The van der Waals surface area contributed by atoms with E-state index in [1.807, 2.05) is 0 Å². The van der Waals surface area contributed by atoms with Gasteiger partial charge in [0.1, 0.15) is 6.61 Å². The zero-order valence-corrected chi connectivity index (χ0v) is 10.5. The summed E-state index contributed by atoms with van der Waals surface area (Å²) < 4.78 is 16.2. The molecule has 2 aliphatic rings. The molecule has 0 spiro atoms. The van der Waals surface area contributed by atoms with E-state index in [4.69, 9.17) is 14.0 Å². The van der Waals surface area contributed by atoms with Gasteiger partial charge in [0.25, 0.3) is 11.8 Å². The number of ether oxygens (including phenoxy) is 2. The number of hydrogen-bond donors (Lipinski definition) is 1. The molecule has 0 radical (unpaired) electrons. The lowest BCUT2D eigenvalue weighted by molar-refractivity contribution is -0.0841. The molecular weight excluding hydrogens is 236 g/mol. The second-order valence-corrected chi connectivity index (χ2v) is 4.93. The van der Waals surface area contributed by atoms with Gasteiger partial charge in [0.2, 0.25) is 0 Å². The van der Waals surface area contributed by atoms with Crippen LogP contribution in [-0.4, -0.2) is 55.1 Å². The normalized spacial score (nSPS) is 22.8. The van der Waals surface area contributed by atoms with Crippen molar-refractivity contribution in [1.82, 2.24) is 15.5 Å². The van der Waals surface area contributed by atoms with Crippen LogP contribution in [0.5, 0.6) is 0 Å². The van der Waals surface area contributed by atoms with Crippen LogP contribution in [-0.2, 0) is 16.1 Å². The molecule has 100 valence electrons.